The third-order valence-electron chi connectivity index (χ3n) is 2.32. The minimum atomic E-state index is -0.152. The van der Waals surface area contributed by atoms with E-state index < -0.39 is 0 Å². The maximum Gasteiger partial charge on any atom is 0.135 e. The van der Waals surface area contributed by atoms with Gasteiger partial charge in [0, 0.05) is 6.07 Å². The van der Waals surface area contributed by atoms with E-state index in [4.69, 9.17) is 16.3 Å². The van der Waals surface area contributed by atoms with Crippen molar-refractivity contribution in [1.82, 2.24) is 15.0 Å². The van der Waals surface area contributed by atoms with Crippen molar-refractivity contribution >= 4 is 27.5 Å². The van der Waals surface area contributed by atoms with Crippen molar-refractivity contribution in [1.29, 1.82) is 0 Å². The van der Waals surface area contributed by atoms with Crippen LogP contribution in [0.5, 0.6) is 5.75 Å². The summed E-state index contributed by atoms with van der Waals surface area (Å²) >= 11 is 9.34. The monoisotopic (exact) mass is 315 g/mol. The average molecular weight is 317 g/mol. The lowest BCUT2D eigenvalue weighted by Gasteiger charge is -2.05. The molecule has 1 heterocycles. The second kappa shape index (κ2) is 5.06. The van der Waals surface area contributed by atoms with Crippen LogP contribution in [0, 0.1) is 0 Å². The standard InChI is InChI=1S/C11H11BrClN3O/c1-7(13)10-6-16(15-14-10)8-3-4-9(12)11(5-8)17-2/h3-7H,1-2H3. The van der Waals surface area contributed by atoms with Crippen LogP contribution in [0.4, 0.5) is 0 Å². The Hall–Kier alpha value is -1.07. The van der Waals surface area contributed by atoms with Gasteiger partial charge in [-0.25, -0.2) is 4.68 Å². The lowest BCUT2D eigenvalue weighted by Crippen LogP contribution is -1.96. The molecule has 0 aliphatic heterocycles. The van der Waals surface area contributed by atoms with E-state index >= 15 is 0 Å². The molecule has 6 heteroatoms. The van der Waals surface area contributed by atoms with Crippen LogP contribution in [-0.4, -0.2) is 22.1 Å². The molecule has 1 unspecified atom stereocenters. The van der Waals surface area contributed by atoms with Crippen LogP contribution in [0.25, 0.3) is 5.69 Å². The Labute approximate surface area is 113 Å². The predicted molar refractivity (Wildman–Crippen MR) is 69.9 cm³/mol. The molecule has 0 aliphatic carbocycles. The normalized spacial score (nSPS) is 12.5. The molecule has 0 aliphatic rings. The Kier molecular flexibility index (Phi) is 3.69. The van der Waals surface area contributed by atoms with E-state index in [0.29, 0.717) is 0 Å². The largest absolute Gasteiger partial charge is 0.495 e. The van der Waals surface area contributed by atoms with E-state index in [1.165, 1.54) is 0 Å². The van der Waals surface area contributed by atoms with Crippen LogP contribution in [0.15, 0.2) is 28.9 Å². The third-order valence-corrected chi connectivity index (χ3v) is 3.20. The summed E-state index contributed by atoms with van der Waals surface area (Å²) in [5, 5.41) is 7.87. The zero-order chi connectivity index (χ0) is 12.4. The summed E-state index contributed by atoms with van der Waals surface area (Å²) < 4.78 is 7.79. The van der Waals surface area contributed by atoms with Gasteiger partial charge in [0.25, 0.3) is 0 Å². The number of aromatic nitrogens is 3. The van der Waals surface area contributed by atoms with Crippen LogP contribution >= 0.6 is 27.5 Å². The van der Waals surface area contributed by atoms with E-state index in [1.54, 1.807) is 18.0 Å². The molecule has 0 amide bonds. The zero-order valence-electron chi connectivity index (χ0n) is 9.39. The maximum absolute atomic E-state index is 5.94. The van der Waals surface area contributed by atoms with Gasteiger partial charge in [0.1, 0.15) is 11.4 Å². The van der Waals surface area contributed by atoms with Crippen molar-refractivity contribution in [3.8, 4) is 11.4 Å². The molecule has 0 N–H and O–H groups in total. The van der Waals surface area contributed by atoms with Gasteiger partial charge < -0.3 is 4.74 Å². The molecule has 4 nitrogen and oxygen atoms in total. The molecule has 2 rings (SSSR count). The van der Waals surface area contributed by atoms with Crippen molar-refractivity contribution in [3.05, 3.63) is 34.6 Å². The van der Waals surface area contributed by atoms with Crippen LogP contribution in [0.2, 0.25) is 0 Å². The number of nitrogens with zero attached hydrogens (tertiary/aromatic N) is 3. The van der Waals surface area contributed by atoms with E-state index in [1.807, 2.05) is 25.1 Å². The fourth-order valence-electron chi connectivity index (χ4n) is 1.38. The van der Waals surface area contributed by atoms with Crippen LogP contribution in [0.3, 0.4) is 0 Å². The van der Waals surface area contributed by atoms with Crippen LogP contribution in [0.1, 0.15) is 18.0 Å². The van der Waals surface area contributed by atoms with Gasteiger partial charge in [-0.05, 0) is 35.0 Å². The molecule has 1 atom stereocenters. The third kappa shape index (κ3) is 2.61. The maximum atomic E-state index is 5.94. The highest BCUT2D eigenvalue weighted by atomic mass is 79.9. The van der Waals surface area contributed by atoms with Gasteiger partial charge in [0.05, 0.1) is 28.8 Å². The Morgan fingerprint density at radius 1 is 1.47 bits per heavy atom. The summed E-state index contributed by atoms with van der Waals surface area (Å²) in [6, 6.07) is 5.70. The van der Waals surface area contributed by atoms with Gasteiger partial charge in [-0.2, -0.15) is 0 Å². The summed E-state index contributed by atoms with van der Waals surface area (Å²) in [6.45, 7) is 1.86. The van der Waals surface area contributed by atoms with Gasteiger partial charge in [-0.1, -0.05) is 5.21 Å². The number of hydrogen-bond donors (Lipinski definition) is 0. The van der Waals surface area contributed by atoms with Gasteiger partial charge in [0.2, 0.25) is 0 Å². The molecule has 17 heavy (non-hydrogen) atoms. The molecule has 0 spiro atoms. The van der Waals surface area contributed by atoms with Crippen LogP contribution < -0.4 is 4.74 Å². The van der Waals surface area contributed by atoms with E-state index in [9.17, 15) is 0 Å². The molecule has 2 aromatic rings. The Morgan fingerprint density at radius 3 is 2.82 bits per heavy atom. The van der Waals surface area contributed by atoms with E-state index in [0.717, 1.165) is 21.6 Å². The minimum absolute atomic E-state index is 0.152. The minimum Gasteiger partial charge on any atom is -0.495 e. The lowest BCUT2D eigenvalue weighted by molar-refractivity contribution is 0.412. The highest BCUT2D eigenvalue weighted by Gasteiger charge is 2.09. The first-order valence-corrected chi connectivity index (χ1v) is 6.25. The highest BCUT2D eigenvalue weighted by molar-refractivity contribution is 9.10. The molecule has 1 aromatic heterocycles. The molecular weight excluding hydrogens is 305 g/mol. The predicted octanol–water partition coefficient (Wildman–Crippen LogP) is 3.34. The van der Waals surface area contributed by atoms with E-state index in [-0.39, 0.29) is 5.38 Å². The molecule has 0 radical (unpaired) electrons. The number of benzene rings is 1. The SMILES string of the molecule is COc1cc(-n2cc(C(C)Cl)nn2)ccc1Br. The number of halogens is 2. The molecule has 0 saturated carbocycles. The second-order valence-electron chi connectivity index (χ2n) is 3.52. The molecule has 1 aromatic carbocycles. The van der Waals surface area contributed by atoms with E-state index in [2.05, 4.69) is 26.2 Å². The number of rotatable bonds is 3. The quantitative estimate of drug-likeness (QED) is 0.815. The van der Waals surface area contributed by atoms with Crippen molar-refractivity contribution in [3.63, 3.8) is 0 Å². The van der Waals surface area contributed by atoms with Gasteiger partial charge >= 0.3 is 0 Å². The van der Waals surface area contributed by atoms with Crippen molar-refractivity contribution in [2.45, 2.75) is 12.3 Å². The molecule has 90 valence electrons. The first-order valence-electron chi connectivity index (χ1n) is 5.02. The first-order chi connectivity index (χ1) is 8.11. The number of ether oxygens (including phenoxy) is 1. The van der Waals surface area contributed by atoms with Crippen molar-refractivity contribution < 1.29 is 4.74 Å². The molecule has 0 bridgehead atoms. The smallest absolute Gasteiger partial charge is 0.135 e. The van der Waals surface area contributed by atoms with Crippen molar-refractivity contribution in [2.24, 2.45) is 0 Å². The average Bonchev–Trinajstić information content (AvgIpc) is 2.79. The number of methoxy groups -OCH3 is 1. The van der Waals surface area contributed by atoms with Gasteiger partial charge in [-0.15, -0.1) is 16.7 Å². The molecule has 0 fully saturated rings. The first kappa shape index (κ1) is 12.4. The summed E-state index contributed by atoms with van der Waals surface area (Å²) in [5.41, 5.74) is 1.62. The zero-order valence-corrected chi connectivity index (χ0v) is 11.7. The lowest BCUT2D eigenvalue weighted by atomic mass is 10.3. The summed E-state index contributed by atoms with van der Waals surface area (Å²) in [5.74, 6) is 0.749. The number of alkyl halides is 1. The Bertz CT molecular complexity index is 527. The number of hydrogen-bond acceptors (Lipinski definition) is 3. The summed E-state index contributed by atoms with van der Waals surface area (Å²) in [4.78, 5) is 0. The van der Waals surface area contributed by atoms with Gasteiger partial charge in [0.15, 0.2) is 0 Å². The fraction of sp³-hybridized carbons (Fsp3) is 0.273. The Morgan fingerprint density at radius 2 is 2.24 bits per heavy atom. The van der Waals surface area contributed by atoms with Crippen molar-refractivity contribution in [2.75, 3.05) is 7.11 Å². The second-order valence-corrected chi connectivity index (χ2v) is 5.03. The molecule has 0 saturated heterocycles. The van der Waals surface area contributed by atoms with Crippen LogP contribution in [-0.2, 0) is 0 Å². The summed E-state index contributed by atoms with van der Waals surface area (Å²) in [6.07, 6.45) is 1.81. The topological polar surface area (TPSA) is 39.9 Å². The molecular formula is C11H11BrClN3O. The Balaban J connectivity index is 2.38. The van der Waals surface area contributed by atoms with Gasteiger partial charge in [-0.3, -0.25) is 0 Å². The highest BCUT2D eigenvalue weighted by Crippen LogP contribution is 2.27. The fourth-order valence-corrected chi connectivity index (χ4v) is 1.88. The summed E-state index contributed by atoms with van der Waals surface area (Å²) in [7, 11) is 1.62.